The summed E-state index contributed by atoms with van der Waals surface area (Å²) in [5.74, 6) is 0. The Labute approximate surface area is 156 Å². The topological polar surface area (TPSA) is 0 Å². The SMILES string of the molecule is C[Si](C)(C1C=Cc2ccccc21)C1C=Cc2ccccc21.[Na+]. The van der Waals surface area contributed by atoms with Crippen molar-refractivity contribution in [3.05, 3.63) is 82.9 Å². The first kappa shape index (κ1) is 16.0. The smallest absolute Gasteiger partial charge is 0.0791 e. The molecule has 0 saturated heterocycles. The summed E-state index contributed by atoms with van der Waals surface area (Å²) in [5, 5.41) is 0. The Bertz CT molecular complexity index is 694. The Morgan fingerprint density at radius 3 is 1.55 bits per heavy atom. The van der Waals surface area contributed by atoms with E-state index in [2.05, 4.69) is 85.9 Å². The Hall–Kier alpha value is -0.863. The third-order valence-corrected chi connectivity index (χ3v) is 9.41. The van der Waals surface area contributed by atoms with Crippen LogP contribution in [0.4, 0.5) is 0 Å². The number of hydrogen-bond acceptors (Lipinski definition) is 0. The van der Waals surface area contributed by atoms with Gasteiger partial charge in [-0.3, -0.25) is 0 Å². The van der Waals surface area contributed by atoms with Gasteiger partial charge in [-0.05, 0) is 33.3 Å². The predicted molar refractivity (Wildman–Crippen MR) is 93.9 cm³/mol. The van der Waals surface area contributed by atoms with Crippen molar-refractivity contribution in [1.29, 1.82) is 0 Å². The van der Waals surface area contributed by atoms with Crippen molar-refractivity contribution in [1.82, 2.24) is 0 Å². The van der Waals surface area contributed by atoms with E-state index >= 15 is 0 Å². The monoisotopic (exact) mass is 311 g/mol. The van der Waals surface area contributed by atoms with Crippen LogP contribution < -0.4 is 29.6 Å². The van der Waals surface area contributed by atoms with Crippen LogP contribution in [0.3, 0.4) is 0 Å². The molecule has 2 aromatic carbocycles. The molecule has 22 heavy (non-hydrogen) atoms. The van der Waals surface area contributed by atoms with E-state index < -0.39 is 8.07 Å². The summed E-state index contributed by atoms with van der Waals surface area (Å²) in [4.78, 5) is 0. The molecular formula is C20H20NaSi+. The number of fused-ring (bicyclic) bond motifs is 2. The van der Waals surface area contributed by atoms with E-state index in [1.165, 1.54) is 22.3 Å². The second kappa shape index (κ2) is 5.97. The van der Waals surface area contributed by atoms with Crippen LogP contribution >= 0.6 is 0 Å². The predicted octanol–water partition coefficient (Wildman–Crippen LogP) is 2.40. The fourth-order valence-electron chi connectivity index (χ4n) is 3.99. The van der Waals surface area contributed by atoms with Gasteiger partial charge in [-0.1, -0.05) is 85.9 Å². The van der Waals surface area contributed by atoms with E-state index in [-0.39, 0.29) is 29.6 Å². The molecule has 104 valence electrons. The van der Waals surface area contributed by atoms with Crippen molar-refractivity contribution < 1.29 is 29.6 Å². The summed E-state index contributed by atoms with van der Waals surface area (Å²) in [5.41, 5.74) is 7.14. The molecular weight excluding hydrogens is 291 g/mol. The van der Waals surface area contributed by atoms with Crippen LogP contribution in [0.1, 0.15) is 33.3 Å². The van der Waals surface area contributed by atoms with Gasteiger partial charge in [0.2, 0.25) is 0 Å². The van der Waals surface area contributed by atoms with E-state index in [0.29, 0.717) is 11.1 Å². The fourth-order valence-corrected chi connectivity index (χ4v) is 7.69. The third-order valence-electron chi connectivity index (χ3n) is 5.20. The van der Waals surface area contributed by atoms with Gasteiger partial charge in [-0.15, -0.1) is 0 Å². The van der Waals surface area contributed by atoms with Crippen LogP contribution in [0.2, 0.25) is 13.1 Å². The first-order valence-corrected chi connectivity index (χ1v) is 10.9. The summed E-state index contributed by atoms with van der Waals surface area (Å²) >= 11 is 0. The Morgan fingerprint density at radius 2 is 1.09 bits per heavy atom. The Balaban J connectivity index is 0.00000144. The van der Waals surface area contributed by atoms with Crippen molar-refractivity contribution in [3.63, 3.8) is 0 Å². The maximum absolute atomic E-state index is 2.54. The molecule has 0 nitrogen and oxygen atoms in total. The van der Waals surface area contributed by atoms with Gasteiger partial charge in [0, 0.05) is 0 Å². The molecule has 0 spiro atoms. The minimum Gasteiger partial charge on any atom is -0.0791 e. The van der Waals surface area contributed by atoms with E-state index in [1.807, 2.05) is 0 Å². The zero-order chi connectivity index (χ0) is 14.4. The van der Waals surface area contributed by atoms with Gasteiger partial charge >= 0.3 is 29.6 Å². The van der Waals surface area contributed by atoms with Gasteiger partial charge < -0.3 is 0 Å². The maximum Gasteiger partial charge on any atom is 1.00 e. The van der Waals surface area contributed by atoms with Crippen LogP contribution in [0.25, 0.3) is 12.2 Å². The fraction of sp³-hybridized carbons (Fsp3) is 0.200. The molecule has 2 unspecified atom stereocenters. The van der Waals surface area contributed by atoms with Gasteiger partial charge in [0.1, 0.15) is 0 Å². The molecule has 2 aliphatic carbocycles. The van der Waals surface area contributed by atoms with Gasteiger partial charge in [-0.25, -0.2) is 0 Å². The molecule has 0 saturated carbocycles. The van der Waals surface area contributed by atoms with E-state index in [9.17, 15) is 0 Å². The average molecular weight is 311 g/mol. The van der Waals surface area contributed by atoms with Crippen LogP contribution in [0, 0.1) is 0 Å². The standard InChI is InChI=1S/C20H20Si.Na/c1-21(2,19-13-11-15-7-3-5-9-17(15)19)20-14-12-16-8-4-6-10-18(16)20;/h3-14,19-20H,1-2H3;/q;+1. The first-order valence-electron chi connectivity index (χ1n) is 7.72. The quantitative estimate of drug-likeness (QED) is 0.747. The van der Waals surface area contributed by atoms with Gasteiger partial charge in [-0.2, -0.15) is 0 Å². The minimum absolute atomic E-state index is 0. The molecule has 2 aliphatic rings. The van der Waals surface area contributed by atoms with E-state index in [0.717, 1.165) is 0 Å². The molecule has 4 rings (SSSR count). The number of allylic oxidation sites excluding steroid dienone is 2. The maximum atomic E-state index is 2.54. The van der Waals surface area contributed by atoms with Crippen molar-refractivity contribution in [3.8, 4) is 0 Å². The molecule has 0 amide bonds. The van der Waals surface area contributed by atoms with Crippen molar-refractivity contribution in [2.75, 3.05) is 0 Å². The number of rotatable bonds is 2. The Kier molecular flexibility index (Phi) is 4.35. The van der Waals surface area contributed by atoms with Crippen molar-refractivity contribution in [2.45, 2.75) is 24.2 Å². The second-order valence-corrected chi connectivity index (χ2v) is 11.6. The van der Waals surface area contributed by atoms with Crippen LogP contribution in [0.15, 0.2) is 60.7 Å². The van der Waals surface area contributed by atoms with E-state index in [1.54, 1.807) is 0 Å². The van der Waals surface area contributed by atoms with Crippen molar-refractivity contribution >= 4 is 20.2 Å². The molecule has 0 radical (unpaired) electrons. The zero-order valence-electron chi connectivity index (χ0n) is 13.6. The molecule has 2 heteroatoms. The Morgan fingerprint density at radius 1 is 0.682 bits per heavy atom. The summed E-state index contributed by atoms with van der Waals surface area (Å²) in [6, 6.07) is 17.8. The van der Waals surface area contributed by atoms with E-state index in [4.69, 9.17) is 0 Å². The van der Waals surface area contributed by atoms with Gasteiger partial charge in [0.25, 0.3) is 0 Å². The molecule has 0 bridgehead atoms. The van der Waals surface area contributed by atoms with Crippen molar-refractivity contribution in [2.24, 2.45) is 0 Å². The molecule has 2 aromatic rings. The van der Waals surface area contributed by atoms with Gasteiger partial charge in [0.15, 0.2) is 0 Å². The number of hydrogen-bond donors (Lipinski definition) is 0. The molecule has 0 fully saturated rings. The molecule has 0 N–H and O–H groups in total. The van der Waals surface area contributed by atoms with Crippen LogP contribution in [0.5, 0.6) is 0 Å². The molecule has 2 atom stereocenters. The second-order valence-electron chi connectivity index (χ2n) is 6.75. The minimum atomic E-state index is -1.51. The largest absolute Gasteiger partial charge is 1.00 e. The van der Waals surface area contributed by atoms with Crippen LogP contribution in [-0.4, -0.2) is 8.07 Å². The average Bonchev–Trinajstić information content (AvgIpc) is 3.12. The summed E-state index contributed by atoms with van der Waals surface area (Å²) < 4.78 is 0. The summed E-state index contributed by atoms with van der Waals surface area (Å²) in [6.07, 6.45) is 9.54. The summed E-state index contributed by atoms with van der Waals surface area (Å²) in [7, 11) is -1.51. The normalized spacial score (nSPS) is 21.4. The number of benzene rings is 2. The van der Waals surface area contributed by atoms with Gasteiger partial charge in [0.05, 0.1) is 8.07 Å². The van der Waals surface area contributed by atoms with Crippen LogP contribution in [-0.2, 0) is 0 Å². The molecule has 0 aliphatic heterocycles. The third kappa shape index (κ3) is 2.41. The zero-order valence-corrected chi connectivity index (χ0v) is 16.6. The molecule has 0 heterocycles. The first-order chi connectivity index (χ1) is 10.2. The molecule has 0 aromatic heterocycles. The summed E-state index contributed by atoms with van der Waals surface area (Å²) in [6.45, 7) is 5.09.